The van der Waals surface area contributed by atoms with Crippen LogP contribution in [0.2, 0.25) is 0 Å². The topological polar surface area (TPSA) is 9.23 Å². The van der Waals surface area contributed by atoms with Gasteiger partial charge in [0, 0.05) is 31.8 Å². The van der Waals surface area contributed by atoms with Crippen molar-refractivity contribution in [2.45, 2.75) is 33.6 Å². The van der Waals surface area contributed by atoms with Crippen molar-refractivity contribution >= 4 is 0 Å². The molecule has 10 heavy (non-hydrogen) atoms. The van der Waals surface area contributed by atoms with Gasteiger partial charge in [-0.1, -0.05) is 20.8 Å². The average molecular weight is 181 g/mol. The van der Waals surface area contributed by atoms with E-state index in [9.17, 15) is 0 Å². The van der Waals surface area contributed by atoms with E-state index < -0.39 is 0 Å². The van der Waals surface area contributed by atoms with Crippen molar-refractivity contribution in [1.29, 1.82) is 0 Å². The summed E-state index contributed by atoms with van der Waals surface area (Å²) in [4.78, 5) is 0. The Morgan fingerprint density at radius 1 is 1.30 bits per heavy atom. The van der Waals surface area contributed by atoms with E-state index in [1.807, 2.05) is 13.8 Å². The Hall–Kier alpha value is 0.544. The van der Waals surface area contributed by atoms with E-state index in [0.717, 1.165) is 19.1 Å². The van der Waals surface area contributed by atoms with E-state index in [2.05, 4.69) is 6.92 Å². The molecule has 0 aliphatic carbocycles. The summed E-state index contributed by atoms with van der Waals surface area (Å²) < 4.78 is 5.18. The molecule has 1 heterocycles. The van der Waals surface area contributed by atoms with Gasteiger partial charge >= 0.3 is 0 Å². The molecule has 0 aromatic heterocycles. The van der Waals surface area contributed by atoms with E-state index in [-0.39, 0.29) is 18.6 Å². The van der Waals surface area contributed by atoms with Crippen molar-refractivity contribution in [3.05, 3.63) is 0 Å². The fraction of sp³-hybridized carbons (Fsp3) is 1.00. The SMILES string of the molecule is CC.CC1CCCOC1.[V]. The fourth-order valence-electron chi connectivity index (χ4n) is 0.902. The Bertz CT molecular complexity index is 51.2. The second kappa shape index (κ2) is 9.54. The van der Waals surface area contributed by atoms with E-state index in [4.69, 9.17) is 4.74 Å². The summed E-state index contributed by atoms with van der Waals surface area (Å²) in [6, 6.07) is 0. The molecule has 1 unspecified atom stereocenters. The van der Waals surface area contributed by atoms with Gasteiger partial charge in [0.2, 0.25) is 0 Å². The van der Waals surface area contributed by atoms with E-state index in [1.54, 1.807) is 0 Å². The molecule has 0 saturated carbocycles. The van der Waals surface area contributed by atoms with E-state index >= 15 is 0 Å². The first-order valence-electron chi connectivity index (χ1n) is 3.97. The Balaban J connectivity index is 0. The number of hydrogen-bond donors (Lipinski definition) is 0. The van der Waals surface area contributed by atoms with Gasteiger partial charge in [0.05, 0.1) is 0 Å². The normalized spacial score (nSPS) is 23.7. The molecule has 1 rings (SSSR count). The number of ether oxygens (including phenoxy) is 1. The minimum Gasteiger partial charge on any atom is -0.381 e. The number of rotatable bonds is 0. The molecule has 0 aromatic carbocycles. The van der Waals surface area contributed by atoms with Crippen LogP contribution < -0.4 is 0 Å². The zero-order valence-corrected chi connectivity index (χ0v) is 8.66. The van der Waals surface area contributed by atoms with Gasteiger partial charge in [0.25, 0.3) is 0 Å². The zero-order chi connectivity index (χ0) is 7.11. The van der Waals surface area contributed by atoms with Gasteiger partial charge in [-0.15, -0.1) is 0 Å². The van der Waals surface area contributed by atoms with E-state index in [0.29, 0.717) is 0 Å². The van der Waals surface area contributed by atoms with Crippen LogP contribution in [-0.4, -0.2) is 13.2 Å². The maximum Gasteiger partial charge on any atom is 0.0491 e. The zero-order valence-electron chi connectivity index (χ0n) is 7.26. The average Bonchev–Trinajstić information content (AvgIpc) is 1.94. The molecular weight excluding hydrogens is 163 g/mol. The van der Waals surface area contributed by atoms with Gasteiger partial charge in [-0.2, -0.15) is 0 Å². The van der Waals surface area contributed by atoms with Crippen LogP contribution in [0.3, 0.4) is 0 Å². The van der Waals surface area contributed by atoms with Crippen molar-refractivity contribution in [2.75, 3.05) is 13.2 Å². The summed E-state index contributed by atoms with van der Waals surface area (Å²) >= 11 is 0. The largest absolute Gasteiger partial charge is 0.381 e. The van der Waals surface area contributed by atoms with Crippen molar-refractivity contribution in [3.63, 3.8) is 0 Å². The van der Waals surface area contributed by atoms with Crippen molar-refractivity contribution < 1.29 is 23.3 Å². The fourth-order valence-corrected chi connectivity index (χ4v) is 0.902. The predicted octanol–water partition coefficient (Wildman–Crippen LogP) is 2.46. The Kier molecular flexibility index (Phi) is 12.6. The summed E-state index contributed by atoms with van der Waals surface area (Å²) in [5, 5.41) is 0. The maximum absolute atomic E-state index is 5.18. The Morgan fingerprint density at radius 3 is 2.10 bits per heavy atom. The molecule has 0 bridgehead atoms. The van der Waals surface area contributed by atoms with Crippen LogP contribution in [0.25, 0.3) is 0 Å². The van der Waals surface area contributed by atoms with Crippen molar-refractivity contribution in [3.8, 4) is 0 Å². The molecule has 1 aliphatic heterocycles. The molecule has 1 saturated heterocycles. The minimum absolute atomic E-state index is 0. The monoisotopic (exact) mass is 181 g/mol. The molecule has 2 heteroatoms. The Morgan fingerprint density at radius 2 is 1.90 bits per heavy atom. The van der Waals surface area contributed by atoms with Crippen LogP contribution in [0.4, 0.5) is 0 Å². The first-order chi connectivity index (χ1) is 4.39. The van der Waals surface area contributed by atoms with Gasteiger partial charge in [-0.05, 0) is 18.8 Å². The van der Waals surface area contributed by atoms with E-state index in [1.165, 1.54) is 12.8 Å². The van der Waals surface area contributed by atoms with Crippen molar-refractivity contribution in [1.82, 2.24) is 0 Å². The van der Waals surface area contributed by atoms with Gasteiger partial charge in [0.15, 0.2) is 0 Å². The first-order valence-corrected chi connectivity index (χ1v) is 3.97. The summed E-state index contributed by atoms with van der Waals surface area (Å²) in [5.74, 6) is 0.814. The van der Waals surface area contributed by atoms with Crippen LogP contribution in [0.15, 0.2) is 0 Å². The maximum atomic E-state index is 5.18. The second-order valence-corrected chi connectivity index (χ2v) is 2.32. The van der Waals surface area contributed by atoms with Crippen LogP contribution in [-0.2, 0) is 23.3 Å². The molecule has 61 valence electrons. The third kappa shape index (κ3) is 6.66. The van der Waals surface area contributed by atoms with Crippen LogP contribution in [0, 0.1) is 5.92 Å². The second-order valence-electron chi connectivity index (χ2n) is 2.32. The molecule has 1 atom stereocenters. The third-order valence-electron chi connectivity index (χ3n) is 1.39. The Labute approximate surface area is 76.4 Å². The molecule has 0 N–H and O–H groups in total. The minimum atomic E-state index is 0. The summed E-state index contributed by atoms with van der Waals surface area (Å²) in [7, 11) is 0. The van der Waals surface area contributed by atoms with Crippen LogP contribution in [0.5, 0.6) is 0 Å². The molecule has 1 radical (unpaired) electrons. The third-order valence-corrected chi connectivity index (χ3v) is 1.39. The first kappa shape index (κ1) is 13.2. The van der Waals surface area contributed by atoms with Gasteiger partial charge < -0.3 is 4.74 Å². The molecule has 0 amide bonds. The quantitative estimate of drug-likeness (QED) is 0.557. The molecule has 1 fully saturated rings. The molecule has 0 aromatic rings. The van der Waals surface area contributed by atoms with Crippen LogP contribution in [0.1, 0.15) is 33.6 Å². The molecule has 0 spiro atoms. The molecule has 1 nitrogen and oxygen atoms in total. The molecular formula is C8H18OV. The summed E-state index contributed by atoms with van der Waals surface area (Å²) in [6.07, 6.45) is 2.63. The van der Waals surface area contributed by atoms with Crippen molar-refractivity contribution in [2.24, 2.45) is 5.92 Å². The predicted molar refractivity (Wildman–Crippen MR) is 40.6 cm³/mol. The smallest absolute Gasteiger partial charge is 0.0491 e. The standard InChI is InChI=1S/C6H12O.C2H6.V/c1-6-3-2-4-7-5-6;1-2;/h6H,2-5H2,1H3;1-2H3;. The van der Waals surface area contributed by atoms with Gasteiger partial charge in [0.1, 0.15) is 0 Å². The van der Waals surface area contributed by atoms with Gasteiger partial charge in [-0.3, -0.25) is 0 Å². The number of hydrogen-bond acceptors (Lipinski definition) is 1. The van der Waals surface area contributed by atoms with Crippen LogP contribution >= 0.6 is 0 Å². The summed E-state index contributed by atoms with van der Waals surface area (Å²) in [5.41, 5.74) is 0. The molecule has 1 aliphatic rings. The van der Waals surface area contributed by atoms with Gasteiger partial charge in [-0.25, -0.2) is 0 Å². The summed E-state index contributed by atoms with van der Waals surface area (Å²) in [6.45, 7) is 8.21.